The maximum atomic E-state index is 13.3. The van der Waals surface area contributed by atoms with Gasteiger partial charge in [0.1, 0.15) is 6.04 Å². The second-order valence-corrected chi connectivity index (χ2v) is 15.9. The minimum atomic E-state index is -1.27. The van der Waals surface area contributed by atoms with Crippen molar-refractivity contribution in [2.45, 2.75) is 231 Å². The number of aliphatic hydroxyl groups is 2. The van der Waals surface area contributed by atoms with E-state index in [0.717, 1.165) is 55.2 Å². The fraction of sp³-hybridized carbons (Fsp3) is 0.929. The van der Waals surface area contributed by atoms with Crippen LogP contribution < -0.4 is 0 Å². The van der Waals surface area contributed by atoms with Gasteiger partial charge in [-0.2, -0.15) is 11.8 Å². The van der Waals surface area contributed by atoms with Gasteiger partial charge >= 0.3 is 5.97 Å². The third-order valence-corrected chi connectivity index (χ3v) is 11.1. The van der Waals surface area contributed by atoms with Crippen molar-refractivity contribution in [2.75, 3.05) is 18.1 Å². The van der Waals surface area contributed by atoms with Crippen LogP contribution in [0.5, 0.6) is 0 Å². The summed E-state index contributed by atoms with van der Waals surface area (Å²) in [5, 5.41) is 28.8. The number of unbranched alkanes of at least 4 members (excludes halogenated alkanes) is 28. The molecule has 0 spiro atoms. The normalized spacial score (nSPS) is 12.6. The van der Waals surface area contributed by atoms with Crippen LogP contribution in [0.1, 0.15) is 219 Å². The van der Waals surface area contributed by atoms with Crippen LogP contribution in [-0.2, 0) is 14.4 Å². The minimum absolute atomic E-state index is 0.00158. The van der Waals surface area contributed by atoms with E-state index in [1.54, 1.807) is 0 Å². The zero-order valence-corrected chi connectivity index (χ0v) is 33.6. The Morgan fingerprint density at radius 3 is 1.02 bits per heavy atom. The Bertz CT molecular complexity index is 735. The van der Waals surface area contributed by atoms with E-state index in [9.17, 15) is 24.6 Å². The first-order chi connectivity index (χ1) is 24.4. The predicted octanol–water partition coefficient (Wildman–Crippen LogP) is 11.4. The van der Waals surface area contributed by atoms with E-state index < -0.39 is 36.5 Å². The highest BCUT2D eigenvalue weighted by Crippen LogP contribution is 2.19. The van der Waals surface area contributed by atoms with Crippen molar-refractivity contribution in [2.24, 2.45) is 0 Å². The van der Waals surface area contributed by atoms with Gasteiger partial charge in [0.05, 0.1) is 12.7 Å². The largest absolute Gasteiger partial charge is 0.480 e. The quantitative estimate of drug-likeness (QED) is 0.0540. The van der Waals surface area contributed by atoms with E-state index in [1.165, 1.54) is 141 Å². The Kier molecular flexibility index (Phi) is 36.8. The molecular formula is C42H81NO6S. The van der Waals surface area contributed by atoms with Gasteiger partial charge < -0.3 is 15.3 Å². The van der Waals surface area contributed by atoms with Crippen LogP contribution >= 0.6 is 11.8 Å². The topological polar surface area (TPSA) is 115 Å². The van der Waals surface area contributed by atoms with Crippen LogP contribution in [0.2, 0.25) is 0 Å². The van der Waals surface area contributed by atoms with E-state index in [0.29, 0.717) is 12.8 Å². The molecule has 0 aromatic heterocycles. The van der Waals surface area contributed by atoms with Gasteiger partial charge in [-0.3, -0.25) is 14.5 Å². The number of carboxylic acid groups (broad SMARTS) is 1. The lowest BCUT2D eigenvalue weighted by molar-refractivity contribution is -0.157. The summed E-state index contributed by atoms with van der Waals surface area (Å²) >= 11 is 1.15. The van der Waals surface area contributed by atoms with E-state index >= 15 is 0 Å². The number of thioether (sulfide) groups is 1. The average molecular weight is 728 g/mol. The molecule has 0 rings (SSSR count). The van der Waals surface area contributed by atoms with Gasteiger partial charge in [-0.15, -0.1) is 0 Å². The van der Waals surface area contributed by atoms with Gasteiger partial charge in [0.2, 0.25) is 11.8 Å². The maximum Gasteiger partial charge on any atom is 0.327 e. The molecule has 2 amide bonds. The number of carbonyl (C=O) groups excluding carboxylic acids is 2. The third-order valence-electron chi connectivity index (χ3n) is 9.92. The summed E-state index contributed by atoms with van der Waals surface area (Å²) in [5.41, 5.74) is 0. The van der Waals surface area contributed by atoms with Crippen LogP contribution in [0.3, 0.4) is 0 Å². The number of hydrogen-bond donors (Lipinski definition) is 3. The Hall–Kier alpha value is -1.12. The molecule has 0 aliphatic carbocycles. The molecular weight excluding hydrogens is 647 g/mol. The number of nitrogens with zero attached hydrogens (tertiary/aromatic N) is 1. The van der Waals surface area contributed by atoms with Crippen molar-refractivity contribution in [3.63, 3.8) is 0 Å². The molecule has 7 nitrogen and oxygen atoms in total. The maximum absolute atomic E-state index is 13.3. The molecule has 0 saturated carbocycles. The van der Waals surface area contributed by atoms with Crippen molar-refractivity contribution in [1.29, 1.82) is 0 Å². The van der Waals surface area contributed by atoms with Crippen LogP contribution in [0.25, 0.3) is 0 Å². The second-order valence-electron chi connectivity index (χ2n) is 14.8. The van der Waals surface area contributed by atoms with Gasteiger partial charge in [-0.1, -0.05) is 194 Å². The summed E-state index contributed by atoms with van der Waals surface area (Å²) in [4.78, 5) is 39.9. The Labute approximate surface area is 312 Å². The van der Waals surface area contributed by atoms with Gasteiger partial charge in [0.15, 0.2) is 0 Å². The molecule has 2 atom stereocenters. The number of carboxylic acids is 1. The highest BCUT2D eigenvalue weighted by molar-refractivity contribution is 7.99. The highest BCUT2D eigenvalue weighted by Gasteiger charge is 2.34. The number of rotatable bonds is 39. The number of aliphatic hydroxyl groups excluding tert-OH is 2. The first-order valence-electron chi connectivity index (χ1n) is 21.3. The summed E-state index contributed by atoms with van der Waals surface area (Å²) in [7, 11) is 0. The third kappa shape index (κ3) is 30.5. The standard InChI is InChI=1S/C42H81NO6S/c1-3-5-7-9-11-13-15-17-19-21-23-25-27-29-31-33-40(46)43(39(42(48)49)37-50-36-38(45)35-44)41(47)34-32-30-28-26-24-22-20-18-16-14-12-10-8-6-4-2/h38-39,44-45H,3-37H2,1-2H3,(H,48,49). The van der Waals surface area contributed by atoms with E-state index in [-0.39, 0.29) is 24.3 Å². The number of aliphatic carboxylic acids is 1. The molecule has 0 aromatic rings. The minimum Gasteiger partial charge on any atom is -0.480 e. The van der Waals surface area contributed by atoms with E-state index in [4.69, 9.17) is 5.11 Å². The lowest BCUT2D eigenvalue weighted by Gasteiger charge is -2.27. The Morgan fingerprint density at radius 1 is 0.480 bits per heavy atom. The molecule has 296 valence electrons. The molecule has 0 bridgehead atoms. The lowest BCUT2D eigenvalue weighted by atomic mass is 10.0. The smallest absolute Gasteiger partial charge is 0.327 e. The van der Waals surface area contributed by atoms with Crippen molar-refractivity contribution in [1.82, 2.24) is 4.90 Å². The first kappa shape index (κ1) is 48.9. The van der Waals surface area contributed by atoms with Crippen LogP contribution in [-0.4, -0.2) is 68.3 Å². The number of amides is 2. The summed E-state index contributed by atoms with van der Waals surface area (Å²) < 4.78 is 0. The van der Waals surface area contributed by atoms with Gasteiger partial charge in [-0.05, 0) is 12.8 Å². The molecule has 50 heavy (non-hydrogen) atoms. The number of hydrogen-bond acceptors (Lipinski definition) is 6. The van der Waals surface area contributed by atoms with Crippen molar-refractivity contribution in [3.05, 3.63) is 0 Å². The van der Waals surface area contributed by atoms with E-state index in [1.807, 2.05) is 0 Å². The molecule has 0 fully saturated rings. The number of imide groups is 1. The molecule has 0 aromatic carbocycles. The molecule has 0 radical (unpaired) electrons. The van der Waals surface area contributed by atoms with Crippen molar-refractivity contribution < 1.29 is 29.7 Å². The van der Waals surface area contributed by atoms with Gasteiger partial charge in [-0.25, -0.2) is 4.79 Å². The summed E-state index contributed by atoms with van der Waals surface area (Å²) in [6, 6.07) is -1.27. The van der Waals surface area contributed by atoms with Gasteiger partial charge in [0, 0.05) is 24.3 Å². The summed E-state index contributed by atoms with van der Waals surface area (Å²) in [6.45, 7) is 4.10. The van der Waals surface area contributed by atoms with Crippen molar-refractivity contribution >= 4 is 29.5 Å². The predicted molar refractivity (Wildman–Crippen MR) is 213 cm³/mol. The molecule has 2 unspecified atom stereocenters. The van der Waals surface area contributed by atoms with Crippen LogP contribution in [0.4, 0.5) is 0 Å². The monoisotopic (exact) mass is 728 g/mol. The molecule has 0 saturated heterocycles. The van der Waals surface area contributed by atoms with Crippen LogP contribution in [0.15, 0.2) is 0 Å². The zero-order chi connectivity index (χ0) is 36.9. The average Bonchev–Trinajstić information content (AvgIpc) is 3.10. The molecule has 0 aliphatic heterocycles. The highest BCUT2D eigenvalue weighted by atomic mass is 32.2. The second kappa shape index (κ2) is 37.6. The SMILES string of the molecule is CCCCCCCCCCCCCCCCCC(=O)N(C(=O)CCCCCCCCCCCCCCCCC)C(CSCC(O)CO)C(=O)O. The Morgan fingerprint density at radius 2 is 0.760 bits per heavy atom. The zero-order valence-electron chi connectivity index (χ0n) is 32.8. The molecule has 0 aliphatic rings. The molecule has 8 heteroatoms. The van der Waals surface area contributed by atoms with Crippen molar-refractivity contribution in [3.8, 4) is 0 Å². The molecule has 3 N–H and O–H groups in total. The lowest BCUT2D eigenvalue weighted by Crippen LogP contribution is -2.50. The molecule has 0 heterocycles. The first-order valence-corrected chi connectivity index (χ1v) is 22.5. The van der Waals surface area contributed by atoms with Crippen LogP contribution in [0, 0.1) is 0 Å². The Balaban J connectivity index is 4.43. The summed E-state index contributed by atoms with van der Waals surface area (Å²) in [6.07, 6.45) is 36.1. The number of carbonyl (C=O) groups is 3. The fourth-order valence-electron chi connectivity index (χ4n) is 6.65. The van der Waals surface area contributed by atoms with Gasteiger partial charge in [0.25, 0.3) is 0 Å². The fourth-order valence-corrected chi connectivity index (χ4v) is 7.68. The van der Waals surface area contributed by atoms with E-state index in [2.05, 4.69) is 13.8 Å². The summed E-state index contributed by atoms with van der Waals surface area (Å²) in [5.74, 6) is -1.86.